The van der Waals surface area contributed by atoms with Crippen molar-refractivity contribution in [2.75, 3.05) is 20.2 Å². The molecule has 0 aromatic carbocycles. The summed E-state index contributed by atoms with van der Waals surface area (Å²) in [6.45, 7) is 3.90. The number of likely N-dealkylation sites (N-methyl/N-ethyl adjacent to an activating group) is 1. The topological polar surface area (TPSA) is 47.4 Å². The van der Waals surface area contributed by atoms with E-state index in [1.807, 2.05) is 20.0 Å². The fourth-order valence-corrected chi connectivity index (χ4v) is 2.31. The van der Waals surface area contributed by atoms with E-state index in [2.05, 4.69) is 5.10 Å². The van der Waals surface area contributed by atoms with E-state index in [0.29, 0.717) is 12.6 Å². The zero-order chi connectivity index (χ0) is 13.7. The molecule has 0 saturated carbocycles. The summed E-state index contributed by atoms with van der Waals surface area (Å²) < 4.78 is 7.41. The maximum Gasteiger partial charge on any atom is 0.244 e. The van der Waals surface area contributed by atoms with Crippen LogP contribution in [0.2, 0.25) is 0 Å². The van der Waals surface area contributed by atoms with E-state index in [0.717, 1.165) is 31.7 Å². The molecular formula is C14H23N3O2. The van der Waals surface area contributed by atoms with Crippen molar-refractivity contribution >= 4 is 5.91 Å². The Bertz CT molecular complexity index is 411. The van der Waals surface area contributed by atoms with Crippen LogP contribution in [0, 0.1) is 6.92 Å². The monoisotopic (exact) mass is 265 g/mol. The van der Waals surface area contributed by atoms with Gasteiger partial charge in [-0.15, -0.1) is 0 Å². The molecule has 2 rings (SSSR count). The smallest absolute Gasteiger partial charge is 0.244 e. The van der Waals surface area contributed by atoms with Gasteiger partial charge in [0, 0.05) is 32.1 Å². The standard InChI is InChI=1S/C14H23N3O2/c1-12-6-8-15-17(12)11-14(18)16(2)9-7-13-5-3-4-10-19-13/h6,8,13H,3-5,7,9-11H2,1-2H3/t13-/m1/s1. The van der Waals surface area contributed by atoms with Gasteiger partial charge in [-0.3, -0.25) is 9.48 Å². The molecule has 0 bridgehead atoms. The summed E-state index contributed by atoms with van der Waals surface area (Å²) >= 11 is 0. The fourth-order valence-electron chi connectivity index (χ4n) is 2.31. The van der Waals surface area contributed by atoms with E-state index in [4.69, 9.17) is 4.74 Å². The molecule has 1 aliphatic rings. The molecule has 1 fully saturated rings. The van der Waals surface area contributed by atoms with E-state index < -0.39 is 0 Å². The van der Waals surface area contributed by atoms with Gasteiger partial charge in [0.25, 0.3) is 0 Å². The molecule has 0 radical (unpaired) electrons. The highest BCUT2D eigenvalue weighted by molar-refractivity contribution is 5.75. The van der Waals surface area contributed by atoms with Gasteiger partial charge in [0.1, 0.15) is 6.54 Å². The Balaban J connectivity index is 1.74. The lowest BCUT2D eigenvalue weighted by molar-refractivity contribution is -0.131. The average molecular weight is 265 g/mol. The lowest BCUT2D eigenvalue weighted by atomic mass is 10.1. The van der Waals surface area contributed by atoms with Gasteiger partial charge in [-0.1, -0.05) is 0 Å². The molecule has 1 aliphatic heterocycles. The van der Waals surface area contributed by atoms with Gasteiger partial charge in [-0.05, 0) is 38.7 Å². The first-order valence-electron chi connectivity index (χ1n) is 7.01. The number of rotatable bonds is 5. The average Bonchev–Trinajstić information content (AvgIpc) is 2.82. The minimum absolute atomic E-state index is 0.0996. The third kappa shape index (κ3) is 4.06. The second kappa shape index (κ2) is 6.70. The molecule has 1 atom stereocenters. The lowest BCUT2D eigenvalue weighted by Crippen LogP contribution is -2.34. The first-order valence-corrected chi connectivity index (χ1v) is 7.01. The van der Waals surface area contributed by atoms with E-state index in [9.17, 15) is 4.79 Å². The van der Waals surface area contributed by atoms with Crippen LogP contribution < -0.4 is 0 Å². The summed E-state index contributed by atoms with van der Waals surface area (Å²) in [7, 11) is 1.85. The number of carbonyl (C=O) groups excluding carboxylic acids is 1. The molecule has 1 saturated heterocycles. The van der Waals surface area contributed by atoms with Crippen LogP contribution in [0.15, 0.2) is 12.3 Å². The van der Waals surface area contributed by atoms with Crippen LogP contribution in [0.4, 0.5) is 0 Å². The summed E-state index contributed by atoms with van der Waals surface area (Å²) in [5, 5.41) is 4.13. The highest BCUT2D eigenvalue weighted by Gasteiger charge is 2.16. The van der Waals surface area contributed by atoms with Crippen molar-refractivity contribution in [2.45, 2.75) is 45.3 Å². The van der Waals surface area contributed by atoms with Crippen LogP contribution in [0.1, 0.15) is 31.4 Å². The first-order chi connectivity index (χ1) is 9.16. The minimum atomic E-state index is 0.0996. The predicted octanol–water partition coefficient (Wildman–Crippen LogP) is 1.61. The Kier molecular flexibility index (Phi) is 4.96. The number of aryl methyl sites for hydroxylation is 1. The van der Waals surface area contributed by atoms with Gasteiger partial charge in [-0.25, -0.2) is 0 Å². The number of nitrogens with zero attached hydrogens (tertiary/aromatic N) is 3. The predicted molar refractivity (Wildman–Crippen MR) is 72.8 cm³/mol. The van der Waals surface area contributed by atoms with E-state index in [-0.39, 0.29) is 5.91 Å². The summed E-state index contributed by atoms with van der Waals surface area (Å²) in [5.41, 5.74) is 1.01. The molecule has 106 valence electrons. The van der Waals surface area contributed by atoms with Gasteiger partial charge in [-0.2, -0.15) is 5.10 Å². The van der Waals surface area contributed by atoms with Crippen molar-refractivity contribution in [1.29, 1.82) is 0 Å². The summed E-state index contributed by atoms with van der Waals surface area (Å²) in [6.07, 6.45) is 6.52. The number of ether oxygens (including phenoxy) is 1. The largest absolute Gasteiger partial charge is 0.378 e. The molecular weight excluding hydrogens is 242 g/mol. The van der Waals surface area contributed by atoms with Crippen LogP contribution in [0.5, 0.6) is 0 Å². The summed E-state index contributed by atoms with van der Waals surface area (Å²) in [6, 6.07) is 1.91. The number of amides is 1. The molecule has 0 aliphatic carbocycles. The molecule has 0 unspecified atom stereocenters. The first kappa shape index (κ1) is 14.1. The molecule has 5 heteroatoms. The number of hydrogen-bond acceptors (Lipinski definition) is 3. The fraction of sp³-hybridized carbons (Fsp3) is 0.714. The minimum Gasteiger partial charge on any atom is -0.378 e. The molecule has 0 N–H and O–H groups in total. The maximum atomic E-state index is 12.1. The number of aromatic nitrogens is 2. The summed E-state index contributed by atoms with van der Waals surface area (Å²) in [4.78, 5) is 13.8. The second-order valence-corrected chi connectivity index (χ2v) is 5.22. The van der Waals surface area contributed by atoms with E-state index in [1.165, 1.54) is 12.8 Å². The van der Waals surface area contributed by atoms with Crippen molar-refractivity contribution < 1.29 is 9.53 Å². The molecule has 5 nitrogen and oxygen atoms in total. The van der Waals surface area contributed by atoms with Crippen LogP contribution in [0.25, 0.3) is 0 Å². The normalized spacial score (nSPS) is 19.4. The third-order valence-corrected chi connectivity index (χ3v) is 3.70. The molecule has 1 aromatic rings. The van der Waals surface area contributed by atoms with E-state index >= 15 is 0 Å². The van der Waals surface area contributed by atoms with Gasteiger partial charge >= 0.3 is 0 Å². The van der Waals surface area contributed by atoms with Gasteiger partial charge in [0.05, 0.1) is 6.10 Å². The Hall–Kier alpha value is -1.36. The second-order valence-electron chi connectivity index (χ2n) is 5.22. The van der Waals surface area contributed by atoms with Crippen molar-refractivity contribution in [3.8, 4) is 0 Å². The van der Waals surface area contributed by atoms with Crippen molar-refractivity contribution in [2.24, 2.45) is 0 Å². The van der Waals surface area contributed by atoms with Crippen LogP contribution in [-0.2, 0) is 16.1 Å². The lowest BCUT2D eigenvalue weighted by Gasteiger charge is -2.25. The Labute approximate surface area is 114 Å². The summed E-state index contributed by atoms with van der Waals surface area (Å²) in [5.74, 6) is 0.0996. The maximum absolute atomic E-state index is 12.1. The Morgan fingerprint density at radius 1 is 1.58 bits per heavy atom. The quantitative estimate of drug-likeness (QED) is 0.812. The van der Waals surface area contributed by atoms with Crippen LogP contribution in [-0.4, -0.2) is 46.9 Å². The van der Waals surface area contributed by atoms with Gasteiger partial charge < -0.3 is 9.64 Å². The van der Waals surface area contributed by atoms with Gasteiger partial charge in [0.2, 0.25) is 5.91 Å². The number of hydrogen-bond donors (Lipinski definition) is 0. The van der Waals surface area contributed by atoms with Crippen LogP contribution in [0.3, 0.4) is 0 Å². The Morgan fingerprint density at radius 2 is 2.42 bits per heavy atom. The Morgan fingerprint density at radius 3 is 3.05 bits per heavy atom. The zero-order valence-electron chi connectivity index (χ0n) is 11.8. The molecule has 1 aromatic heterocycles. The highest BCUT2D eigenvalue weighted by atomic mass is 16.5. The number of carbonyl (C=O) groups is 1. The molecule has 0 spiro atoms. The zero-order valence-corrected chi connectivity index (χ0v) is 11.8. The van der Waals surface area contributed by atoms with Crippen molar-refractivity contribution in [1.82, 2.24) is 14.7 Å². The molecule has 1 amide bonds. The van der Waals surface area contributed by atoms with Gasteiger partial charge in [0.15, 0.2) is 0 Å². The highest BCUT2D eigenvalue weighted by Crippen LogP contribution is 2.15. The van der Waals surface area contributed by atoms with Crippen molar-refractivity contribution in [3.05, 3.63) is 18.0 Å². The third-order valence-electron chi connectivity index (χ3n) is 3.70. The van der Waals surface area contributed by atoms with Crippen LogP contribution >= 0.6 is 0 Å². The molecule has 19 heavy (non-hydrogen) atoms. The van der Waals surface area contributed by atoms with E-state index in [1.54, 1.807) is 15.8 Å². The SMILES string of the molecule is Cc1ccnn1CC(=O)N(C)CC[C@H]1CCCCO1. The van der Waals surface area contributed by atoms with Crippen molar-refractivity contribution in [3.63, 3.8) is 0 Å². The molecule has 2 heterocycles.